The van der Waals surface area contributed by atoms with E-state index in [-0.39, 0.29) is 23.6 Å². The molecule has 0 aromatic rings. The zero-order valence-corrected chi connectivity index (χ0v) is 14.1. The van der Waals surface area contributed by atoms with Gasteiger partial charge in [0.2, 0.25) is 5.91 Å². The van der Waals surface area contributed by atoms with Crippen molar-refractivity contribution in [3.8, 4) is 0 Å². The summed E-state index contributed by atoms with van der Waals surface area (Å²) in [6.07, 6.45) is -0.273. The molecule has 0 spiro atoms. The minimum Gasteiger partial charge on any atom is -0.477 e. The number of carboxylic acid groups (broad SMARTS) is 1. The molecule has 1 fully saturated rings. The summed E-state index contributed by atoms with van der Waals surface area (Å²) in [7, 11) is 3.51. The lowest BCUT2D eigenvalue weighted by Gasteiger charge is -2.44. The Balaban J connectivity index is 1.86. The summed E-state index contributed by atoms with van der Waals surface area (Å²) in [6.45, 7) is 3.13. The van der Waals surface area contributed by atoms with E-state index < -0.39 is 18.0 Å². The second kappa shape index (κ2) is 6.18. The van der Waals surface area contributed by atoms with Crippen LogP contribution in [0.4, 0.5) is 0 Å². The molecule has 3 rings (SSSR count). The first-order valence-electron chi connectivity index (χ1n) is 8.07. The third-order valence-electron chi connectivity index (χ3n) is 5.16. The van der Waals surface area contributed by atoms with Crippen molar-refractivity contribution in [3.05, 3.63) is 11.3 Å². The molecule has 0 aliphatic carbocycles. The molecule has 3 aliphatic heterocycles. The number of amidine groups is 1. The molecule has 4 atom stereocenters. The molecular weight excluding hydrogens is 314 g/mol. The maximum Gasteiger partial charge on any atom is 0.352 e. The lowest BCUT2D eigenvalue weighted by atomic mass is 9.81. The van der Waals surface area contributed by atoms with Crippen molar-refractivity contribution in [2.75, 3.05) is 33.9 Å². The smallest absolute Gasteiger partial charge is 0.352 e. The van der Waals surface area contributed by atoms with E-state index >= 15 is 0 Å². The van der Waals surface area contributed by atoms with Crippen LogP contribution in [0.25, 0.3) is 0 Å². The minimum absolute atomic E-state index is 0.0465. The molecule has 3 aliphatic rings. The zero-order chi connectivity index (χ0) is 17.6. The average molecular weight is 337 g/mol. The summed E-state index contributed by atoms with van der Waals surface area (Å²) < 4.78 is 5.11. The van der Waals surface area contributed by atoms with Crippen LogP contribution >= 0.6 is 0 Å². The van der Waals surface area contributed by atoms with E-state index in [2.05, 4.69) is 4.99 Å². The van der Waals surface area contributed by atoms with Gasteiger partial charge in [0.15, 0.2) is 0 Å². The lowest BCUT2D eigenvalue weighted by Crippen LogP contribution is -2.61. The minimum atomic E-state index is -1.08. The number of carbonyl (C=O) groups is 2. The number of hydrogen-bond acceptors (Lipinski definition) is 6. The van der Waals surface area contributed by atoms with Crippen LogP contribution in [0.5, 0.6) is 0 Å². The molecule has 8 nitrogen and oxygen atoms in total. The molecule has 0 aromatic carbocycles. The molecule has 24 heavy (non-hydrogen) atoms. The van der Waals surface area contributed by atoms with E-state index in [4.69, 9.17) is 4.74 Å². The summed E-state index contributed by atoms with van der Waals surface area (Å²) in [5.41, 5.74) is 0.849. The van der Waals surface area contributed by atoms with Crippen LogP contribution in [-0.4, -0.2) is 83.7 Å². The molecule has 8 heteroatoms. The number of methoxy groups -OCH3 is 1. The van der Waals surface area contributed by atoms with E-state index in [9.17, 15) is 19.8 Å². The van der Waals surface area contributed by atoms with Crippen LogP contribution in [0.2, 0.25) is 0 Å². The van der Waals surface area contributed by atoms with Gasteiger partial charge in [-0.25, -0.2) is 4.79 Å². The first-order valence-corrected chi connectivity index (χ1v) is 8.07. The highest BCUT2D eigenvalue weighted by atomic mass is 16.5. The summed E-state index contributed by atoms with van der Waals surface area (Å²) >= 11 is 0. The van der Waals surface area contributed by atoms with Crippen molar-refractivity contribution in [3.63, 3.8) is 0 Å². The highest BCUT2D eigenvalue weighted by Gasteiger charge is 2.57. The van der Waals surface area contributed by atoms with Gasteiger partial charge in [0.05, 0.1) is 18.1 Å². The van der Waals surface area contributed by atoms with Crippen LogP contribution in [0.15, 0.2) is 16.3 Å². The Morgan fingerprint density at radius 1 is 1.50 bits per heavy atom. The largest absolute Gasteiger partial charge is 0.477 e. The average Bonchev–Trinajstić information content (AvgIpc) is 2.84. The normalized spacial score (nSPS) is 30.9. The highest BCUT2D eigenvalue weighted by Crippen LogP contribution is 2.46. The second-order valence-corrected chi connectivity index (χ2v) is 6.69. The lowest BCUT2D eigenvalue weighted by molar-refractivity contribution is -0.161. The molecule has 2 N–H and O–H groups in total. The maximum atomic E-state index is 12.2. The Morgan fingerprint density at radius 2 is 2.21 bits per heavy atom. The van der Waals surface area contributed by atoms with E-state index in [0.29, 0.717) is 26.1 Å². The molecule has 0 bridgehead atoms. The number of fused-ring (bicyclic) bond motifs is 1. The fourth-order valence-electron chi connectivity index (χ4n) is 4.00. The highest BCUT2D eigenvalue weighted by molar-refractivity contribution is 5.99. The topological polar surface area (TPSA) is 103 Å². The molecule has 132 valence electrons. The van der Waals surface area contributed by atoms with Gasteiger partial charge in [-0.15, -0.1) is 0 Å². The third kappa shape index (κ3) is 2.50. The van der Waals surface area contributed by atoms with Gasteiger partial charge < -0.3 is 24.7 Å². The molecule has 0 saturated carbocycles. The van der Waals surface area contributed by atoms with Crippen LogP contribution in [0.3, 0.4) is 0 Å². The SMILES string of the molecule is COCC1=NC[C@@H](C2=C(C(=O)O)N3C(=O)[C@H]([C@@H](C)O)[C@H]3C2)CN1C. The number of β-lactam (4-membered cyclic amide) rings is 1. The summed E-state index contributed by atoms with van der Waals surface area (Å²) in [5.74, 6) is -1.10. The van der Waals surface area contributed by atoms with Gasteiger partial charge in [0.1, 0.15) is 18.1 Å². The van der Waals surface area contributed by atoms with Gasteiger partial charge in [-0.1, -0.05) is 0 Å². The summed E-state index contributed by atoms with van der Waals surface area (Å²) in [4.78, 5) is 31.8. The molecule has 3 heterocycles. The van der Waals surface area contributed by atoms with Gasteiger partial charge in [0.25, 0.3) is 0 Å². The third-order valence-corrected chi connectivity index (χ3v) is 5.16. The predicted molar refractivity (Wildman–Crippen MR) is 85.4 cm³/mol. The number of aliphatic carboxylic acids is 1. The number of carbonyl (C=O) groups excluding carboxylic acids is 1. The number of aliphatic hydroxyl groups is 1. The second-order valence-electron chi connectivity index (χ2n) is 6.69. The Morgan fingerprint density at radius 3 is 2.75 bits per heavy atom. The first-order chi connectivity index (χ1) is 11.4. The van der Waals surface area contributed by atoms with Gasteiger partial charge in [0, 0.05) is 33.2 Å². The number of aliphatic imine (C=N–C) groups is 1. The maximum absolute atomic E-state index is 12.2. The molecule has 0 unspecified atom stereocenters. The molecule has 1 amide bonds. The monoisotopic (exact) mass is 337 g/mol. The number of nitrogens with zero attached hydrogens (tertiary/aromatic N) is 3. The van der Waals surface area contributed by atoms with Crippen molar-refractivity contribution in [2.24, 2.45) is 16.8 Å². The van der Waals surface area contributed by atoms with E-state index in [1.807, 2.05) is 11.9 Å². The number of rotatable bonds is 5. The zero-order valence-electron chi connectivity index (χ0n) is 14.1. The number of likely N-dealkylation sites (N-methyl/N-ethyl adjacent to an activating group) is 1. The molecule has 0 radical (unpaired) electrons. The van der Waals surface area contributed by atoms with Crippen LogP contribution < -0.4 is 0 Å². The number of amides is 1. The van der Waals surface area contributed by atoms with Crippen molar-refractivity contribution in [1.82, 2.24) is 9.80 Å². The van der Waals surface area contributed by atoms with Gasteiger partial charge >= 0.3 is 5.97 Å². The first kappa shape index (κ1) is 16.9. The molecule has 1 saturated heterocycles. The molecule has 0 aromatic heterocycles. The van der Waals surface area contributed by atoms with E-state index in [1.165, 1.54) is 4.90 Å². The predicted octanol–water partition coefficient (Wildman–Crippen LogP) is -0.457. The molecular formula is C16H23N3O5. The van der Waals surface area contributed by atoms with Crippen molar-refractivity contribution < 1.29 is 24.5 Å². The fourth-order valence-corrected chi connectivity index (χ4v) is 4.00. The number of aliphatic hydroxyl groups excluding tert-OH is 1. The Kier molecular flexibility index (Phi) is 4.35. The van der Waals surface area contributed by atoms with Gasteiger partial charge in [-0.3, -0.25) is 9.79 Å². The van der Waals surface area contributed by atoms with Gasteiger partial charge in [-0.05, 0) is 18.9 Å². The summed E-state index contributed by atoms with van der Waals surface area (Å²) in [6, 6.07) is -0.242. The Labute approximate surface area is 140 Å². The Hall–Kier alpha value is -1.93. The number of hydrogen-bond donors (Lipinski definition) is 2. The van der Waals surface area contributed by atoms with Crippen molar-refractivity contribution >= 4 is 17.7 Å². The van der Waals surface area contributed by atoms with Crippen molar-refractivity contribution in [2.45, 2.75) is 25.5 Å². The Bertz CT molecular complexity index is 627. The van der Waals surface area contributed by atoms with E-state index in [1.54, 1.807) is 14.0 Å². The van der Waals surface area contributed by atoms with Crippen LogP contribution in [0, 0.1) is 11.8 Å². The van der Waals surface area contributed by atoms with Crippen LogP contribution in [-0.2, 0) is 14.3 Å². The standard InChI is InChI=1S/C16H23N3O5/c1-8(20)13-11-4-10(14(16(22)23)19(11)15(13)21)9-5-17-12(7-24-3)18(2)6-9/h8-9,11,13,20H,4-7H2,1-3H3,(H,22,23)/t8-,9-,11-,13-/m1/s1. The number of carboxylic acids is 1. The fraction of sp³-hybridized carbons (Fsp3) is 0.688. The van der Waals surface area contributed by atoms with Gasteiger partial charge in [-0.2, -0.15) is 0 Å². The quantitative estimate of drug-likeness (QED) is 0.658. The van der Waals surface area contributed by atoms with Crippen LogP contribution in [0.1, 0.15) is 13.3 Å². The number of ether oxygens (including phenoxy) is 1. The van der Waals surface area contributed by atoms with Crippen molar-refractivity contribution in [1.29, 1.82) is 0 Å². The summed E-state index contributed by atoms with van der Waals surface area (Å²) in [5, 5.41) is 19.4. The van der Waals surface area contributed by atoms with E-state index in [0.717, 1.165) is 11.4 Å².